The van der Waals surface area contributed by atoms with E-state index < -0.39 is 10.0 Å². The van der Waals surface area contributed by atoms with Gasteiger partial charge in [0, 0.05) is 29.7 Å². The van der Waals surface area contributed by atoms with Gasteiger partial charge in [-0.1, -0.05) is 23.9 Å². The minimum Gasteiger partial charge on any atom is -0.497 e. The molecule has 0 radical (unpaired) electrons. The minimum absolute atomic E-state index is 0.182. The SMILES string of the molecule is COc1ccc(S(=O)(=O)Nc2cccc(-c3cn4c(n3)SCC4)c2)cc1. The molecule has 0 amide bonds. The second-order valence-electron chi connectivity index (χ2n) is 5.81. The molecule has 0 unspecified atom stereocenters. The second kappa shape index (κ2) is 6.69. The monoisotopic (exact) mass is 387 g/mol. The van der Waals surface area contributed by atoms with Crippen molar-refractivity contribution in [2.45, 2.75) is 16.6 Å². The molecule has 1 N–H and O–H groups in total. The normalized spacial score (nSPS) is 13.4. The van der Waals surface area contributed by atoms with Crippen molar-refractivity contribution in [1.82, 2.24) is 9.55 Å². The van der Waals surface area contributed by atoms with E-state index in [0.29, 0.717) is 11.4 Å². The molecular weight excluding hydrogens is 370 g/mol. The molecule has 26 heavy (non-hydrogen) atoms. The predicted molar refractivity (Wildman–Crippen MR) is 102 cm³/mol. The number of thioether (sulfide) groups is 1. The summed E-state index contributed by atoms with van der Waals surface area (Å²) in [5.41, 5.74) is 2.22. The van der Waals surface area contributed by atoms with Crippen molar-refractivity contribution >= 4 is 27.5 Å². The highest BCUT2D eigenvalue weighted by Gasteiger charge is 2.17. The summed E-state index contributed by atoms with van der Waals surface area (Å²) >= 11 is 1.73. The Bertz CT molecular complexity index is 1020. The summed E-state index contributed by atoms with van der Waals surface area (Å²) in [7, 11) is -2.13. The minimum atomic E-state index is -3.67. The van der Waals surface area contributed by atoms with Gasteiger partial charge in [0.25, 0.3) is 10.0 Å². The molecule has 134 valence electrons. The Hall–Kier alpha value is -2.45. The first-order chi connectivity index (χ1) is 12.5. The van der Waals surface area contributed by atoms with Crippen molar-refractivity contribution < 1.29 is 13.2 Å². The van der Waals surface area contributed by atoms with Crippen LogP contribution in [0.2, 0.25) is 0 Å². The Morgan fingerprint density at radius 2 is 2.00 bits per heavy atom. The number of ether oxygens (including phenoxy) is 1. The molecular formula is C18H17N3O3S2. The number of nitrogens with one attached hydrogen (secondary N) is 1. The van der Waals surface area contributed by atoms with Crippen molar-refractivity contribution in [2.75, 3.05) is 17.6 Å². The first-order valence-corrected chi connectivity index (χ1v) is 10.5. The lowest BCUT2D eigenvalue weighted by molar-refractivity contribution is 0.414. The number of sulfonamides is 1. The van der Waals surface area contributed by atoms with Gasteiger partial charge in [0.15, 0.2) is 5.16 Å². The maximum absolute atomic E-state index is 12.6. The predicted octanol–water partition coefficient (Wildman–Crippen LogP) is 3.47. The third-order valence-electron chi connectivity index (χ3n) is 4.08. The molecule has 0 aliphatic carbocycles. The Labute approximate surface area is 156 Å². The largest absolute Gasteiger partial charge is 0.497 e. The lowest BCUT2D eigenvalue weighted by atomic mass is 10.1. The number of nitrogens with zero attached hydrogens (tertiary/aromatic N) is 2. The summed E-state index contributed by atoms with van der Waals surface area (Å²) in [5.74, 6) is 1.65. The molecule has 0 saturated carbocycles. The molecule has 2 heterocycles. The third-order valence-corrected chi connectivity index (χ3v) is 6.45. The molecule has 0 saturated heterocycles. The number of aromatic nitrogens is 2. The van der Waals surface area contributed by atoms with Gasteiger partial charge in [-0.3, -0.25) is 4.72 Å². The van der Waals surface area contributed by atoms with Gasteiger partial charge in [-0.25, -0.2) is 13.4 Å². The van der Waals surface area contributed by atoms with Gasteiger partial charge in [0.05, 0.1) is 17.7 Å². The van der Waals surface area contributed by atoms with Crippen LogP contribution in [0.25, 0.3) is 11.3 Å². The molecule has 1 aliphatic heterocycles. The van der Waals surface area contributed by atoms with Crippen LogP contribution in [0.4, 0.5) is 5.69 Å². The van der Waals surface area contributed by atoms with Crippen LogP contribution in [-0.4, -0.2) is 30.8 Å². The average molecular weight is 387 g/mol. The fourth-order valence-electron chi connectivity index (χ4n) is 2.76. The summed E-state index contributed by atoms with van der Waals surface area (Å²) in [6.45, 7) is 0.955. The highest BCUT2D eigenvalue weighted by molar-refractivity contribution is 7.99. The van der Waals surface area contributed by atoms with Crippen LogP contribution in [0.3, 0.4) is 0 Å². The number of methoxy groups -OCH3 is 1. The van der Waals surface area contributed by atoms with E-state index in [4.69, 9.17) is 4.74 Å². The summed E-state index contributed by atoms with van der Waals surface area (Å²) in [5, 5.41) is 1.00. The number of aryl methyl sites for hydroxylation is 1. The van der Waals surface area contributed by atoms with Crippen molar-refractivity contribution in [1.29, 1.82) is 0 Å². The van der Waals surface area contributed by atoms with E-state index in [-0.39, 0.29) is 4.90 Å². The van der Waals surface area contributed by atoms with Gasteiger partial charge in [0.2, 0.25) is 0 Å². The number of fused-ring (bicyclic) bond motifs is 1. The fraction of sp³-hybridized carbons (Fsp3) is 0.167. The molecule has 2 aromatic carbocycles. The molecule has 6 nitrogen and oxygen atoms in total. The molecule has 0 atom stereocenters. The molecule has 0 bridgehead atoms. The van der Waals surface area contributed by atoms with E-state index in [9.17, 15) is 8.42 Å². The molecule has 1 aromatic heterocycles. The van der Waals surface area contributed by atoms with Crippen LogP contribution in [0, 0.1) is 0 Å². The average Bonchev–Trinajstić information content (AvgIpc) is 3.23. The van der Waals surface area contributed by atoms with Crippen LogP contribution < -0.4 is 9.46 Å². The number of hydrogen-bond donors (Lipinski definition) is 1. The van der Waals surface area contributed by atoms with E-state index in [1.807, 2.05) is 18.3 Å². The van der Waals surface area contributed by atoms with Crippen LogP contribution in [-0.2, 0) is 16.6 Å². The topological polar surface area (TPSA) is 73.2 Å². The van der Waals surface area contributed by atoms with Crippen LogP contribution >= 0.6 is 11.8 Å². The fourth-order valence-corrected chi connectivity index (χ4v) is 4.75. The number of imidazole rings is 1. The second-order valence-corrected chi connectivity index (χ2v) is 8.56. The maximum Gasteiger partial charge on any atom is 0.261 e. The lowest BCUT2D eigenvalue weighted by Gasteiger charge is -2.09. The first-order valence-electron chi connectivity index (χ1n) is 8.02. The molecule has 3 aromatic rings. The van der Waals surface area contributed by atoms with Gasteiger partial charge < -0.3 is 9.30 Å². The van der Waals surface area contributed by atoms with Crippen LogP contribution in [0.1, 0.15) is 0 Å². The van der Waals surface area contributed by atoms with Gasteiger partial charge in [-0.05, 0) is 36.4 Å². The smallest absolute Gasteiger partial charge is 0.261 e. The van der Waals surface area contributed by atoms with Gasteiger partial charge in [-0.15, -0.1) is 0 Å². The van der Waals surface area contributed by atoms with Crippen LogP contribution in [0.5, 0.6) is 5.75 Å². The zero-order valence-corrected chi connectivity index (χ0v) is 15.7. The number of benzene rings is 2. The Morgan fingerprint density at radius 3 is 2.73 bits per heavy atom. The van der Waals surface area contributed by atoms with E-state index in [0.717, 1.165) is 28.7 Å². The number of hydrogen-bond acceptors (Lipinski definition) is 5. The quantitative estimate of drug-likeness (QED) is 0.726. The molecule has 4 rings (SSSR count). The highest BCUT2D eigenvalue weighted by atomic mass is 32.2. The van der Waals surface area contributed by atoms with E-state index in [1.54, 1.807) is 36.0 Å². The van der Waals surface area contributed by atoms with Gasteiger partial charge in [0.1, 0.15) is 5.75 Å². The van der Waals surface area contributed by atoms with Crippen molar-refractivity contribution in [3.05, 3.63) is 54.7 Å². The molecule has 0 fully saturated rings. The Balaban J connectivity index is 1.59. The van der Waals surface area contributed by atoms with Crippen LogP contribution in [0.15, 0.2) is 64.8 Å². The van der Waals surface area contributed by atoms with E-state index >= 15 is 0 Å². The summed E-state index contributed by atoms with van der Waals surface area (Å²) in [6, 6.07) is 13.5. The van der Waals surface area contributed by atoms with Crippen molar-refractivity contribution in [3.8, 4) is 17.0 Å². The molecule has 8 heteroatoms. The maximum atomic E-state index is 12.6. The summed E-state index contributed by atoms with van der Waals surface area (Å²) in [6.07, 6.45) is 2.01. The summed E-state index contributed by atoms with van der Waals surface area (Å²) in [4.78, 5) is 4.79. The van der Waals surface area contributed by atoms with E-state index in [1.165, 1.54) is 19.2 Å². The van der Waals surface area contributed by atoms with Gasteiger partial charge in [-0.2, -0.15) is 0 Å². The Kier molecular flexibility index (Phi) is 4.37. The molecule has 1 aliphatic rings. The Morgan fingerprint density at radius 1 is 1.19 bits per heavy atom. The summed E-state index contributed by atoms with van der Waals surface area (Å²) < 4.78 is 35.0. The number of anilines is 1. The van der Waals surface area contributed by atoms with Gasteiger partial charge >= 0.3 is 0 Å². The van der Waals surface area contributed by atoms with E-state index in [2.05, 4.69) is 14.3 Å². The third kappa shape index (κ3) is 3.30. The zero-order valence-electron chi connectivity index (χ0n) is 14.0. The highest BCUT2D eigenvalue weighted by Crippen LogP contribution is 2.30. The van der Waals surface area contributed by atoms with Crippen molar-refractivity contribution in [3.63, 3.8) is 0 Å². The standard InChI is InChI=1S/C18H17N3O3S2/c1-24-15-5-7-16(8-6-15)26(22,23)20-14-4-2-3-13(11-14)17-12-21-9-10-25-18(21)19-17/h2-8,11-12,20H,9-10H2,1H3. The van der Waals surface area contributed by atoms with Crippen molar-refractivity contribution in [2.24, 2.45) is 0 Å². The lowest BCUT2D eigenvalue weighted by Crippen LogP contribution is -2.12. The zero-order chi connectivity index (χ0) is 18.1. The number of rotatable bonds is 5. The molecule has 0 spiro atoms. The first kappa shape index (κ1) is 17.0.